The van der Waals surface area contributed by atoms with Gasteiger partial charge in [-0.15, -0.1) is 0 Å². The van der Waals surface area contributed by atoms with Gasteiger partial charge in [0.15, 0.2) is 0 Å². The highest BCUT2D eigenvalue weighted by molar-refractivity contribution is 5.36. The molecule has 0 saturated heterocycles. The summed E-state index contributed by atoms with van der Waals surface area (Å²) < 4.78 is 0. The first-order valence-electron chi connectivity index (χ1n) is 31.1. The Morgan fingerprint density at radius 1 is 0.226 bits per heavy atom. The maximum absolute atomic E-state index is 4.72. The lowest BCUT2D eigenvalue weighted by molar-refractivity contribution is 0.514. The minimum absolute atomic E-state index is 0.129. The van der Waals surface area contributed by atoms with Crippen LogP contribution in [0.2, 0.25) is 0 Å². The molecule has 6 rings (SSSR count). The average Bonchev–Trinajstić information content (AvgIpc) is 3.41. The highest BCUT2D eigenvalue weighted by Gasteiger charge is 2.28. The smallest absolute Gasteiger partial charge is 0.0494 e. The van der Waals surface area contributed by atoms with Crippen LogP contribution in [0.25, 0.3) is 0 Å². The predicted octanol–water partition coefficient (Wildman–Crippen LogP) is 22.1. The van der Waals surface area contributed by atoms with Crippen LogP contribution in [-0.2, 0) is 65.0 Å². The van der Waals surface area contributed by atoms with Crippen LogP contribution in [0.4, 0.5) is 0 Å². The van der Waals surface area contributed by atoms with Crippen LogP contribution in [-0.4, -0.2) is 29.9 Å². The molecule has 0 aromatic carbocycles. The maximum atomic E-state index is 4.72. The molecular weight excluding hydrogens is 1020 g/mol. The highest BCUT2D eigenvalue weighted by atomic mass is 14.8. The van der Waals surface area contributed by atoms with E-state index in [4.69, 9.17) is 4.98 Å². The Balaban J connectivity index is 0.000000504. The predicted molar refractivity (Wildman–Crippen MR) is 370 cm³/mol. The third kappa shape index (κ3) is 26.7. The van der Waals surface area contributed by atoms with E-state index in [1.54, 1.807) is 0 Å². The summed E-state index contributed by atoms with van der Waals surface area (Å²) in [6, 6.07) is 23.6. The number of nitrogens with zero attached hydrogens (tertiary/aromatic N) is 6. The van der Waals surface area contributed by atoms with Gasteiger partial charge < -0.3 is 0 Å². The molecule has 6 heterocycles. The number of pyridine rings is 6. The zero-order valence-corrected chi connectivity index (χ0v) is 61.1. The Morgan fingerprint density at radius 3 is 0.988 bits per heavy atom. The zero-order chi connectivity index (χ0) is 65.9. The van der Waals surface area contributed by atoms with Crippen molar-refractivity contribution < 1.29 is 0 Å². The monoisotopic (exact) mass is 1150 g/mol. The first-order valence-corrected chi connectivity index (χ1v) is 31.1. The highest BCUT2D eigenvalue weighted by Crippen LogP contribution is 2.35. The van der Waals surface area contributed by atoms with Crippen LogP contribution in [0.1, 0.15) is 317 Å². The topological polar surface area (TPSA) is 77.3 Å². The van der Waals surface area contributed by atoms with Crippen molar-refractivity contribution in [3.8, 4) is 0 Å². The second kappa shape index (κ2) is 28.6. The molecule has 0 atom stereocenters. The number of hydrogen-bond donors (Lipinski definition) is 0. The first-order chi connectivity index (χ1) is 37.3. The summed E-state index contributed by atoms with van der Waals surface area (Å²) in [4.78, 5) is 26.7. The van der Waals surface area contributed by atoms with Crippen molar-refractivity contribution in [3.05, 3.63) is 178 Å². The molecule has 0 aliphatic heterocycles. The molecule has 0 fully saturated rings. The van der Waals surface area contributed by atoms with Crippen molar-refractivity contribution in [2.45, 2.75) is 314 Å². The lowest BCUT2D eigenvalue weighted by atomic mass is 9.76. The van der Waals surface area contributed by atoms with Gasteiger partial charge in [-0.3, -0.25) is 29.9 Å². The van der Waals surface area contributed by atoms with Crippen LogP contribution in [0.5, 0.6) is 0 Å². The number of aromatic nitrogens is 6. The van der Waals surface area contributed by atoms with Crippen molar-refractivity contribution in [1.82, 2.24) is 29.9 Å². The molecule has 0 radical (unpaired) electrons. The fraction of sp³-hybridized carbons (Fsp3) is 0.615. The van der Waals surface area contributed by atoms with E-state index >= 15 is 0 Å². The molecule has 6 aromatic heterocycles. The van der Waals surface area contributed by atoms with Crippen molar-refractivity contribution in [1.29, 1.82) is 0 Å². The quantitative estimate of drug-likeness (QED) is 0.151. The summed E-state index contributed by atoms with van der Waals surface area (Å²) in [5.41, 5.74) is 17.3. The number of hydrogen-bond acceptors (Lipinski definition) is 6. The van der Waals surface area contributed by atoms with E-state index in [1.807, 2.05) is 49.4 Å². The lowest BCUT2D eigenvalue weighted by Crippen LogP contribution is -2.23. The van der Waals surface area contributed by atoms with Gasteiger partial charge in [0, 0.05) is 98.9 Å². The van der Waals surface area contributed by atoms with Gasteiger partial charge in [-0.2, -0.15) is 0 Å². The summed E-state index contributed by atoms with van der Waals surface area (Å²) >= 11 is 0. The van der Waals surface area contributed by atoms with E-state index in [9.17, 15) is 0 Å². The molecule has 6 nitrogen and oxygen atoms in total. The van der Waals surface area contributed by atoms with Crippen molar-refractivity contribution in [2.24, 2.45) is 0 Å². The van der Waals surface area contributed by atoms with Crippen LogP contribution >= 0.6 is 0 Å². The summed E-state index contributed by atoms with van der Waals surface area (Å²) in [5.74, 6) is 0. The molecule has 0 saturated carbocycles. The van der Waals surface area contributed by atoms with E-state index in [1.165, 1.54) is 61.7 Å². The second-order valence-corrected chi connectivity index (χ2v) is 35.6. The molecule has 0 spiro atoms. The van der Waals surface area contributed by atoms with E-state index < -0.39 is 0 Å². The second-order valence-electron chi connectivity index (χ2n) is 35.6. The molecule has 0 N–H and O–H groups in total. The average molecular weight is 1150 g/mol. The molecular formula is C78H126N6. The Hall–Kier alpha value is -5.10. The van der Waals surface area contributed by atoms with E-state index in [0.29, 0.717) is 0 Å². The maximum Gasteiger partial charge on any atom is 0.0494 e. The Labute approximate surface area is 519 Å². The van der Waals surface area contributed by atoms with Gasteiger partial charge in [0.25, 0.3) is 0 Å². The van der Waals surface area contributed by atoms with Crippen LogP contribution in [0.15, 0.2) is 110 Å². The van der Waals surface area contributed by atoms with Gasteiger partial charge >= 0.3 is 0 Å². The van der Waals surface area contributed by atoms with Gasteiger partial charge in [-0.05, 0) is 119 Å². The molecule has 6 heteroatoms. The first kappa shape index (κ1) is 76.9. The summed E-state index contributed by atoms with van der Waals surface area (Å²) in [6.45, 7) is 79.8. The molecule has 0 unspecified atom stereocenters. The van der Waals surface area contributed by atoms with E-state index in [-0.39, 0.29) is 65.0 Å². The number of rotatable bonds is 0. The summed E-state index contributed by atoms with van der Waals surface area (Å²) in [5, 5.41) is 0. The molecule has 84 heavy (non-hydrogen) atoms. The summed E-state index contributed by atoms with van der Waals surface area (Å²) in [6.07, 6.45) is 13.6. The van der Waals surface area contributed by atoms with Gasteiger partial charge in [-0.1, -0.05) is 274 Å². The van der Waals surface area contributed by atoms with Gasteiger partial charge in [-0.25, -0.2) is 0 Å². The normalized spacial score (nSPS) is 13.0. The molecule has 0 aliphatic carbocycles. The van der Waals surface area contributed by atoms with E-state index in [0.717, 1.165) is 5.69 Å². The largest absolute Gasteiger partial charge is 0.264 e. The third-order valence-electron chi connectivity index (χ3n) is 14.3. The van der Waals surface area contributed by atoms with Crippen molar-refractivity contribution >= 4 is 0 Å². The van der Waals surface area contributed by atoms with Crippen molar-refractivity contribution in [3.63, 3.8) is 0 Å². The van der Waals surface area contributed by atoms with Gasteiger partial charge in [0.05, 0.1) is 0 Å². The zero-order valence-electron chi connectivity index (χ0n) is 61.1. The fourth-order valence-corrected chi connectivity index (χ4v) is 8.37. The minimum atomic E-state index is 0.129. The molecule has 468 valence electrons. The SMILES string of the molecule is CC(C)(C)c1ccc(C(C)(C)C)nc1.CC(C)(C)c1cccc(C(C)(C)C)n1.CC(C)(C)c1cccnc1C(C)(C)C.CC(C)(C)c1ccnc(C(C)(C)C)c1.CC(C)(C)c1ccncc1C(C)(C)C.CC(C)(C)c1cncc(C(C)(C)C)c1. The van der Waals surface area contributed by atoms with E-state index in [2.05, 4.69) is 335 Å². The fourth-order valence-electron chi connectivity index (χ4n) is 8.37. The molecule has 6 aromatic rings. The standard InChI is InChI=1S/6C13H21N/c1-12(2,3)10-7-11(9-14-8-10)13(4,5)6;1-12(2,3)10-7-8-14-9-11(10)13(4,5)6;1-12(2,3)10-7-8-14-11(9-10)13(4,5)6;1-12(2,3)10-7-8-11(14-9-10)13(4,5)6;1-12(2,3)10-8-7-9-14-11(10)13(4,5)6;1-12(2,3)10-8-7-9-11(14-10)13(4,5)6/h6*7-9H,1-6H3. The van der Waals surface area contributed by atoms with Gasteiger partial charge in [0.2, 0.25) is 0 Å². The molecule has 0 bridgehead atoms. The minimum Gasteiger partial charge on any atom is -0.264 e. The Bertz CT molecular complexity index is 2490. The van der Waals surface area contributed by atoms with Crippen LogP contribution in [0.3, 0.4) is 0 Å². The van der Waals surface area contributed by atoms with Crippen molar-refractivity contribution in [2.75, 3.05) is 0 Å². The van der Waals surface area contributed by atoms with Crippen LogP contribution in [0, 0.1) is 0 Å². The third-order valence-corrected chi connectivity index (χ3v) is 14.3. The Kier molecular flexibility index (Phi) is 26.2. The lowest BCUT2D eigenvalue weighted by Gasteiger charge is -2.29. The summed E-state index contributed by atoms with van der Waals surface area (Å²) in [7, 11) is 0. The van der Waals surface area contributed by atoms with Gasteiger partial charge in [0.1, 0.15) is 0 Å². The Morgan fingerprint density at radius 2 is 0.655 bits per heavy atom. The van der Waals surface area contributed by atoms with Crippen LogP contribution < -0.4 is 0 Å². The molecule has 0 aliphatic rings. The molecule has 0 amide bonds.